The molecule has 0 aromatic heterocycles. The maximum atomic E-state index is 14.2. The molecule has 1 unspecified atom stereocenters. The van der Waals surface area contributed by atoms with Crippen LogP contribution in [0.15, 0.2) is 84.9 Å². The van der Waals surface area contributed by atoms with E-state index in [9.17, 15) is 18.9 Å². The highest BCUT2D eigenvalue weighted by atomic mass is 31.2. The molecule has 0 saturated heterocycles. The molecule has 0 radical (unpaired) electrons. The number of hydrogen-bond donors (Lipinski definition) is 4. The number of rotatable bonds is 16. The largest absolute Gasteiger partial charge is 0.437 e. The summed E-state index contributed by atoms with van der Waals surface area (Å²) in [5.74, 6) is -0.186. The molecule has 0 fully saturated rings. The SMILES string of the molecule is CCC(=O)NCCCCC(NC(=O)CCNC)C(=O)Nc1ccc(OP(=O)(c2ccccc2)c2ccccc2)cc1. The average Bonchev–Trinajstić information content (AvgIpc) is 3.00. The Hall–Kier alpha value is -3.94. The molecule has 0 aliphatic rings. The molecule has 0 aliphatic carbocycles. The van der Waals surface area contributed by atoms with Crippen molar-refractivity contribution in [2.45, 2.75) is 45.1 Å². The number of anilines is 1. The molecular weight excluding hydrogens is 539 g/mol. The highest BCUT2D eigenvalue weighted by Crippen LogP contribution is 2.45. The smallest absolute Gasteiger partial charge is 0.306 e. The molecule has 9 nitrogen and oxygen atoms in total. The van der Waals surface area contributed by atoms with Crippen molar-refractivity contribution in [1.29, 1.82) is 0 Å². The summed E-state index contributed by atoms with van der Waals surface area (Å²) in [7, 11) is -1.66. The number of benzene rings is 3. The molecule has 3 aromatic carbocycles. The molecule has 1 atom stereocenters. The minimum atomic E-state index is -3.42. The zero-order valence-electron chi connectivity index (χ0n) is 23.6. The lowest BCUT2D eigenvalue weighted by Gasteiger charge is -2.21. The Morgan fingerprint density at radius 1 is 0.805 bits per heavy atom. The third-order valence-corrected chi connectivity index (χ3v) is 8.79. The molecule has 0 saturated carbocycles. The molecular formula is C31H39N4O5P. The first-order valence-electron chi connectivity index (χ1n) is 13.9. The maximum absolute atomic E-state index is 14.2. The molecule has 0 bridgehead atoms. The van der Waals surface area contributed by atoms with E-state index >= 15 is 0 Å². The normalized spacial score (nSPS) is 11.8. The molecule has 41 heavy (non-hydrogen) atoms. The fraction of sp³-hybridized carbons (Fsp3) is 0.323. The van der Waals surface area contributed by atoms with Crippen molar-refractivity contribution in [3.05, 3.63) is 84.9 Å². The van der Waals surface area contributed by atoms with E-state index in [-0.39, 0.29) is 24.1 Å². The van der Waals surface area contributed by atoms with E-state index in [1.807, 2.05) is 36.4 Å². The van der Waals surface area contributed by atoms with E-state index in [0.717, 1.165) is 0 Å². The van der Waals surface area contributed by atoms with Gasteiger partial charge in [-0.25, -0.2) is 0 Å². The van der Waals surface area contributed by atoms with Crippen LogP contribution in [0.5, 0.6) is 5.75 Å². The first kappa shape index (κ1) is 31.6. The van der Waals surface area contributed by atoms with E-state index in [1.54, 1.807) is 62.5 Å². The highest BCUT2D eigenvalue weighted by molar-refractivity contribution is 7.74. The van der Waals surface area contributed by atoms with Crippen molar-refractivity contribution in [3.8, 4) is 5.75 Å². The molecule has 10 heteroatoms. The van der Waals surface area contributed by atoms with Crippen LogP contribution in [0.4, 0.5) is 5.69 Å². The molecule has 0 spiro atoms. The number of hydrogen-bond acceptors (Lipinski definition) is 6. The number of amides is 3. The van der Waals surface area contributed by atoms with Gasteiger partial charge in [-0.15, -0.1) is 0 Å². The van der Waals surface area contributed by atoms with Gasteiger partial charge in [0.15, 0.2) is 0 Å². The van der Waals surface area contributed by atoms with Gasteiger partial charge in [0, 0.05) is 31.6 Å². The summed E-state index contributed by atoms with van der Waals surface area (Å²) in [5.41, 5.74) is 0.515. The van der Waals surface area contributed by atoms with Crippen LogP contribution in [0.2, 0.25) is 0 Å². The number of unbranched alkanes of at least 4 members (excludes halogenated alkanes) is 1. The van der Waals surface area contributed by atoms with Crippen molar-refractivity contribution in [2.75, 3.05) is 25.5 Å². The van der Waals surface area contributed by atoms with E-state index in [2.05, 4.69) is 21.3 Å². The fourth-order valence-corrected chi connectivity index (χ4v) is 6.14. The number of carbonyl (C=O) groups excluding carboxylic acids is 3. The monoisotopic (exact) mass is 578 g/mol. The Balaban J connectivity index is 1.68. The van der Waals surface area contributed by atoms with Crippen LogP contribution in [0.1, 0.15) is 39.0 Å². The van der Waals surface area contributed by atoms with Crippen LogP contribution in [-0.2, 0) is 18.9 Å². The Morgan fingerprint density at radius 2 is 1.41 bits per heavy atom. The van der Waals surface area contributed by atoms with Crippen molar-refractivity contribution in [2.24, 2.45) is 0 Å². The lowest BCUT2D eigenvalue weighted by atomic mass is 10.1. The Morgan fingerprint density at radius 3 is 1.98 bits per heavy atom. The van der Waals surface area contributed by atoms with Crippen LogP contribution >= 0.6 is 7.37 Å². The summed E-state index contributed by atoms with van der Waals surface area (Å²) in [6, 6.07) is 24.1. The van der Waals surface area contributed by atoms with Crippen LogP contribution in [0.3, 0.4) is 0 Å². The van der Waals surface area contributed by atoms with Crippen molar-refractivity contribution >= 4 is 41.4 Å². The van der Waals surface area contributed by atoms with E-state index in [1.165, 1.54) is 0 Å². The van der Waals surface area contributed by atoms with Crippen LogP contribution in [0, 0.1) is 0 Å². The summed E-state index contributed by atoms with van der Waals surface area (Å²) in [6.45, 7) is 2.81. The van der Waals surface area contributed by atoms with E-state index in [4.69, 9.17) is 4.52 Å². The first-order valence-corrected chi connectivity index (χ1v) is 15.5. The van der Waals surface area contributed by atoms with Gasteiger partial charge in [-0.2, -0.15) is 0 Å². The Kier molecular flexibility index (Phi) is 12.6. The standard InChI is InChI=1S/C31H39N4O5P/c1-3-29(36)33-22-11-10-16-28(35-30(37)21-23-32-2)31(38)34-24-17-19-25(20-18-24)40-41(39,26-12-6-4-7-13-26)27-14-8-5-9-15-27/h4-9,12-15,17-20,28,32H,3,10-11,16,21-23H2,1-2H3,(H,33,36)(H,34,38)(H,35,37). The molecule has 3 amide bonds. The highest BCUT2D eigenvalue weighted by Gasteiger charge is 2.30. The predicted octanol–water partition coefficient (Wildman–Crippen LogP) is 3.72. The van der Waals surface area contributed by atoms with Gasteiger partial charge in [0.2, 0.25) is 17.7 Å². The van der Waals surface area contributed by atoms with E-state index in [0.29, 0.717) is 60.8 Å². The Bertz CT molecular complexity index is 1260. The Labute approximate surface area is 241 Å². The van der Waals surface area contributed by atoms with Crippen molar-refractivity contribution < 1.29 is 23.5 Å². The van der Waals surface area contributed by atoms with Crippen molar-refractivity contribution in [3.63, 3.8) is 0 Å². The third-order valence-electron chi connectivity index (χ3n) is 6.36. The quantitative estimate of drug-likeness (QED) is 0.152. The van der Waals surface area contributed by atoms with Crippen LogP contribution in [0.25, 0.3) is 0 Å². The molecule has 0 heterocycles. The van der Waals surface area contributed by atoms with Gasteiger partial charge >= 0.3 is 7.37 Å². The van der Waals surface area contributed by atoms with Gasteiger partial charge < -0.3 is 25.8 Å². The second-order valence-corrected chi connectivity index (χ2v) is 11.8. The van der Waals surface area contributed by atoms with Crippen molar-refractivity contribution in [1.82, 2.24) is 16.0 Å². The maximum Gasteiger partial charge on any atom is 0.306 e. The fourth-order valence-electron chi connectivity index (χ4n) is 4.08. The minimum absolute atomic E-state index is 0.0176. The van der Waals surface area contributed by atoms with Gasteiger partial charge in [0.25, 0.3) is 0 Å². The molecule has 218 valence electrons. The third kappa shape index (κ3) is 9.88. The molecule has 0 aliphatic heterocycles. The second-order valence-electron chi connectivity index (χ2n) is 9.50. The molecule has 3 aromatic rings. The number of carbonyl (C=O) groups is 3. The summed E-state index contributed by atoms with van der Waals surface area (Å²) in [4.78, 5) is 37.0. The lowest BCUT2D eigenvalue weighted by molar-refractivity contribution is -0.126. The summed E-state index contributed by atoms with van der Waals surface area (Å²) >= 11 is 0. The zero-order valence-corrected chi connectivity index (χ0v) is 24.5. The zero-order chi connectivity index (χ0) is 29.5. The minimum Gasteiger partial charge on any atom is -0.437 e. The summed E-state index contributed by atoms with van der Waals surface area (Å²) in [5, 5.41) is 12.6. The van der Waals surface area contributed by atoms with Gasteiger partial charge in [-0.1, -0.05) is 43.3 Å². The van der Waals surface area contributed by atoms with Crippen LogP contribution in [-0.4, -0.2) is 43.9 Å². The average molecular weight is 579 g/mol. The van der Waals surface area contributed by atoms with Gasteiger partial charge in [0.1, 0.15) is 11.8 Å². The topological polar surface area (TPSA) is 126 Å². The summed E-state index contributed by atoms with van der Waals surface area (Å²) in [6.07, 6.45) is 2.44. The van der Waals surface area contributed by atoms with Crippen LogP contribution < -0.4 is 36.4 Å². The van der Waals surface area contributed by atoms with Gasteiger partial charge in [-0.3, -0.25) is 18.9 Å². The van der Waals surface area contributed by atoms with Gasteiger partial charge in [-0.05, 0) is 74.8 Å². The van der Waals surface area contributed by atoms with Gasteiger partial charge in [0.05, 0.1) is 10.6 Å². The molecule has 3 rings (SSSR count). The lowest BCUT2D eigenvalue weighted by Crippen LogP contribution is -2.44. The molecule has 4 N–H and O–H groups in total. The van der Waals surface area contributed by atoms with E-state index < -0.39 is 13.4 Å². The first-order chi connectivity index (χ1) is 19.9. The summed E-state index contributed by atoms with van der Waals surface area (Å²) < 4.78 is 20.3. The second kappa shape index (κ2) is 16.4. The predicted molar refractivity (Wildman–Crippen MR) is 163 cm³/mol. The number of nitrogens with one attached hydrogen (secondary N) is 4.